The third kappa shape index (κ3) is 5.57. The van der Waals surface area contributed by atoms with Crippen molar-refractivity contribution in [2.24, 2.45) is 5.92 Å². The van der Waals surface area contributed by atoms with Crippen LogP contribution in [-0.2, 0) is 4.79 Å². The molecule has 0 bridgehead atoms. The molecule has 1 aromatic carbocycles. The summed E-state index contributed by atoms with van der Waals surface area (Å²) in [7, 11) is 0. The van der Waals surface area contributed by atoms with Gasteiger partial charge in [0.25, 0.3) is 5.91 Å². The van der Waals surface area contributed by atoms with Crippen molar-refractivity contribution in [2.75, 3.05) is 25.4 Å². The van der Waals surface area contributed by atoms with Crippen LogP contribution in [0.15, 0.2) is 29.8 Å². The fourth-order valence-electron chi connectivity index (χ4n) is 3.58. The molecule has 0 aromatic heterocycles. The standard InChI is InChI=1S/C22H32FN3O2/c1-15(2)7-5-8-16(3)13-20(27)26-12-11-25(14-17(26)4)22(28)18-9-6-10-19(23)21(18)24/h6-7,9-10,16-17H,5,8,11-14,24H2,1-4H3. The average molecular weight is 390 g/mol. The highest BCUT2D eigenvalue weighted by atomic mass is 19.1. The van der Waals surface area contributed by atoms with Crippen molar-refractivity contribution in [2.45, 2.75) is 53.0 Å². The van der Waals surface area contributed by atoms with Gasteiger partial charge in [-0.25, -0.2) is 4.39 Å². The van der Waals surface area contributed by atoms with E-state index in [0.717, 1.165) is 12.8 Å². The summed E-state index contributed by atoms with van der Waals surface area (Å²) < 4.78 is 13.7. The zero-order valence-electron chi connectivity index (χ0n) is 17.4. The van der Waals surface area contributed by atoms with Gasteiger partial charge in [-0.3, -0.25) is 9.59 Å². The van der Waals surface area contributed by atoms with Crippen LogP contribution < -0.4 is 5.73 Å². The number of nitrogens with zero attached hydrogens (tertiary/aromatic N) is 2. The molecule has 2 unspecified atom stereocenters. The first-order valence-electron chi connectivity index (χ1n) is 9.96. The molecule has 2 rings (SSSR count). The van der Waals surface area contributed by atoms with E-state index in [2.05, 4.69) is 26.8 Å². The Labute approximate surface area is 167 Å². The molecular formula is C22H32FN3O2. The lowest BCUT2D eigenvalue weighted by Gasteiger charge is -2.40. The van der Waals surface area contributed by atoms with E-state index in [1.807, 2.05) is 11.8 Å². The average Bonchev–Trinajstić information content (AvgIpc) is 2.62. The van der Waals surface area contributed by atoms with Crippen LogP contribution in [0.4, 0.5) is 10.1 Å². The Morgan fingerprint density at radius 2 is 2.04 bits per heavy atom. The van der Waals surface area contributed by atoms with Crippen LogP contribution in [0, 0.1) is 11.7 Å². The van der Waals surface area contributed by atoms with E-state index < -0.39 is 5.82 Å². The summed E-state index contributed by atoms with van der Waals surface area (Å²) in [5.41, 5.74) is 7.08. The highest BCUT2D eigenvalue weighted by Gasteiger charge is 2.31. The SMILES string of the molecule is CC(C)=CCCC(C)CC(=O)N1CCN(C(=O)c2cccc(F)c2N)CC1C. The van der Waals surface area contributed by atoms with E-state index in [-0.39, 0.29) is 29.1 Å². The largest absolute Gasteiger partial charge is 0.396 e. The maximum Gasteiger partial charge on any atom is 0.256 e. The van der Waals surface area contributed by atoms with Gasteiger partial charge < -0.3 is 15.5 Å². The first-order chi connectivity index (χ1) is 13.2. The Kier molecular flexibility index (Phi) is 7.61. The number of allylic oxidation sites excluding steroid dienone is 2. The summed E-state index contributed by atoms with van der Waals surface area (Å²) in [4.78, 5) is 28.9. The number of hydrogen-bond acceptors (Lipinski definition) is 3. The molecule has 2 N–H and O–H groups in total. The molecule has 2 atom stereocenters. The highest BCUT2D eigenvalue weighted by molar-refractivity contribution is 5.99. The van der Waals surface area contributed by atoms with Crippen molar-refractivity contribution in [3.05, 3.63) is 41.2 Å². The second-order valence-corrected chi connectivity index (χ2v) is 8.06. The third-order valence-corrected chi connectivity index (χ3v) is 5.25. The summed E-state index contributed by atoms with van der Waals surface area (Å²) in [5.74, 6) is -0.419. The van der Waals surface area contributed by atoms with Gasteiger partial charge in [0, 0.05) is 32.1 Å². The minimum atomic E-state index is -0.588. The fraction of sp³-hybridized carbons (Fsp3) is 0.545. The minimum absolute atomic E-state index is 0.0787. The highest BCUT2D eigenvalue weighted by Crippen LogP contribution is 2.21. The van der Waals surface area contributed by atoms with Gasteiger partial charge in [0.05, 0.1) is 11.3 Å². The molecule has 28 heavy (non-hydrogen) atoms. The van der Waals surface area contributed by atoms with Gasteiger partial charge >= 0.3 is 0 Å². The van der Waals surface area contributed by atoms with E-state index in [1.165, 1.54) is 23.8 Å². The number of halogens is 1. The Bertz CT molecular complexity index is 743. The summed E-state index contributed by atoms with van der Waals surface area (Å²) in [5, 5.41) is 0. The van der Waals surface area contributed by atoms with Crippen molar-refractivity contribution >= 4 is 17.5 Å². The molecule has 1 aliphatic heterocycles. The number of piperazine rings is 1. The number of anilines is 1. The molecule has 0 spiro atoms. The van der Waals surface area contributed by atoms with Gasteiger partial charge in [0.2, 0.25) is 5.91 Å². The third-order valence-electron chi connectivity index (χ3n) is 5.25. The number of nitrogens with two attached hydrogens (primary N) is 1. The number of carbonyl (C=O) groups excluding carboxylic acids is 2. The predicted molar refractivity (Wildman–Crippen MR) is 110 cm³/mol. The molecule has 1 heterocycles. The van der Waals surface area contributed by atoms with E-state index in [9.17, 15) is 14.0 Å². The van der Waals surface area contributed by atoms with Crippen molar-refractivity contribution in [3.63, 3.8) is 0 Å². The molecule has 0 saturated carbocycles. The molecule has 1 saturated heterocycles. The van der Waals surface area contributed by atoms with Gasteiger partial charge in [0.15, 0.2) is 0 Å². The normalized spacial score (nSPS) is 18.0. The van der Waals surface area contributed by atoms with Crippen molar-refractivity contribution in [1.29, 1.82) is 0 Å². The Balaban J connectivity index is 1.92. The lowest BCUT2D eigenvalue weighted by molar-refractivity contribution is -0.136. The minimum Gasteiger partial charge on any atom is -0.396 e. The topological polar surface area (TPSA) is 66.6 Å². The van der Waals surface area contributed by atoms with Gasteiger partial charge in [-0.1, -0.05) is 24.6 Å². The smallest absolute Gasteiger partial charge is 0.256 e. The number of rotatable bonds is 6. The van der Waals surface area contributed by atoms with Gasteiger partial charge in [-0.05, 0) is 51.7 Å². The first kappa shape index (κ1) is 21.9. The summed E-state index contributed by atoms with van der Waals surface area (Å²) >= 11 is 0. The molecule has 2 amide bonds. The van der Waals surface area contributed by atoms with E-state index in [0.29, 0.717) is 32.0 Å². The van der Waals surface area contributed by atoms with E-state index in [1.54, 1.807) is 4.90 Å². The number of hydrogen-bond donors (Lipinski definition) is 1. The molecule has 5 nitrogen and oxygen atoms in total. The molecule has 1 fully saturated rings. The number of nitrogen functional groups attached to an aromatic ring is 1. The van der Waals surface area contributed by atoms with Crippen LogP contribution >= 0.6 is 0 Å². The van der Waals surface area contributed by atoms with Gasteiger partial charge in [0.1, 0.15) is 5.82 Å². The second-order valence-electron chi connectivity index (χ2n) is 8.06. The first-order valence-corrected chi connectivity index (χ1v) is 9.96. The monoisotopic (exact) mass is 389 g/mol. The Hall–Kier alpha value is -2.37. The molecular weight excluding hydrogens is 357 g/mol. The number of benzene rings is 1. The van der Waals surface area contributed by atoms with E-state index in [4.69, 9.17) is 5.73 Å². The van der Waals surface area contributed by atoms with Crippen LogP contribution in [0.25, 0.3) is 0 Å². The Morgan fingerprint density at radius 3 is 2.68 bits per heavy atom. The summed E-state index contributed by atoms with van der Waals surface area (Å²) in [6.45, 7) is 9.55. The molecule has 6 heteroatoms. The summed E-state index contributed by atoms with van der Waals surface area (Å²) in [6, 6.07) is 4.19. The quantitative estimate of drug-likeness (QED) is 0.594. The summed E-state index contributed by atoms with van der Waals surface area (Å²) in [6.07, 6.45) is 4.70. The maximum atomic E-state index is 13.7. The van der Waals surface area contributed by atoms with Crippen molar-refractivity contribution < 1.29 is 14.0 Å². The molecule has 1 aromatic rings. The Morgan fingerprint density at radius 1 is 1.32 bits per heavy atom. The lowest BCUT2D eigenvalue weighted by atomic mass is 9.99. The van der Waals surface area contributed by atoms with Crippen LogP contribution in [0.5, 0.6) is 0 Å². The molecule has 154 valence electrons. The lowest BCUT2D eigenvalue weighted by Crippen LogP contribution is -2.55. The van der Waals surface area contributed by atoms with Gasteiger partial charge in [-0.15, -0.1) is 0 Å². The number of amides is 2. The zero-order chi connectivity index (χ0) is 20.8. The van der Waals surface area contributed by atoms with Crippen LogP contribution in [0.1, 0.15) is 57.3 Å². The molecule has 0 aliphatic carbocycles. The second kappa shape index (κ2) is 9.71. The maximum absolute atomic E-state index is 13.7. The van der Waals surface area contributed by atoms with E-state index >= 15 is 0 Å². The van der Waals surface area contributed by atoms with Crippen LogP contribution in [-0.4, -0.2) is 47.3 Å². The molecule has 1 aliphatic rings. The van der Waals surface area contributed by atoms with Crippen LogP contribution in [0.3, 0.4) is 0 Å². The van der Waals surface area contributed by atoms with Gasteiger partial charge in [-0.2, -0.15) is 0 Å². The number of carbonyl (C=O) groups is 2. The fourth-order valence-corrected chi connectivity index (χ4v) is 3.58. The van der Waals surface area contributed by atoms with Crippen molar-refractivity contribution in [3.8, 4) is 0 Å². The number of para-hydroxylation sites is 1. The zero-order valence-corrected chi connectivity index (χ0v) is 17.4. The van der Waals surface area contributed by atoms with Crippen LogP contribution in [0.2, 0.25) is 0 Å². The predicted octanol–water partition coefficient (Wildman–Crippen LogP) is 3.85. The molecule has 0 radical (unpaired) electrons. The van der Waals surface area contributed by atoms with Crippen molar-refractivity contribution in [1.82, 2.24) is 9.80 Å².